The zero-order valence-corrected chi connectivity index (χ0v) is 7.93. The van der Waals surface area contributed by atoms with E-state index in [2.05, 4.69) is 15.9 Å². The largest absolute Gasteiger partial charge is 0.453 e. The number of ether oxygens (including phenoxy) is 2. The van der Waals surface area contributed by atoms with Gasteiger partial charge in [0.05, 0.1) is 10.0 Å². The number of aldehydes is 1. The Bertz CT molecular complexity index is 378. The second-order valence-corrected chi connectivity index (χ2v) is 3.23. The minimum atomic E-state index is -0.619. The van der Waals surface area contributed by atoms with Crippen LogP contribution in [-0.4, -0.2) is 13.1 Å². The molecule has 0 atom stereocenters. The Balaban J connectivity index is 2.69. The fourth-order valence-corrected chi connectivity index (χ4v) is 1.69. The number of carbonyl (C=O) groups excluding carboxylic acids is 1. The van der Waals surface area contributed by atoms with Crippen LogP contribution in [0.15, 0.2) is 10.5 Å². The summed E-state index contributed by atoms with van der Waals surface area (Å²) in [7, 11) is 0. The summed E-state index contributed by atoms with van der Waals surface area (Å²) in [5.41, 5.74) is -0.0516. The van der Waals surface area contributed by atoms with Crippen molar-refractivity contribution in [1.82, 2.24) is 0 Å². The molecule has 3 nitrogen and oxygen atoms in total. The molecule has 0 unspecified atom stereocenters. The number of benzene rings is 1. The van der Waals surface area contributed by atoms with Crippen LogP contribution in [0.2, 0.25) is 0 Å². The van der Waals surface area contributed by atoms with Crippen LogP contribution in [0.25, 0.3) is 0 Å². The lowest BCUT2D eigenvalue weighted by Crippen LogP contribution is -1.93. The maximum Gasteiger partial charge on any atom is 0.231 e. The molecule has 1 aromatic rings. The van der Waals surface area contributed by atoms with Gasteiger partial charge in [0, 0.05) is 6.07 Å². The minimum absolute atomic E-state index is 0.0513. The molecule has 2 rings (SSSR count). The van der Waals surface area contributed by atoms with Crippen molar-refractivity contribution in [2.45, 2.75) is 0 Å². The summed E-state index contributed by atoms with van der Waals surface area (Å²) in [5.74, 6) is 0.0737. The predicted molar refractivity (Wildman–Crippen MR) is 45.6 cm³/mol. The Hall–Kier alpha value is -1.10. The fraction of sp³-hybridized carbons (Fsp3) is 0.125. The van der Waals surface area contributed by atoms with Crippen molar-refractivity contribution in [1.29, 1.82) is 0 Å². The van der Waals surface area contributed by atoms with Gasteiger partial charge in [0.2, 0.25) is 6.79 Å². The zero-order chi connectivity index (χ0) is 9.42. The van der Waals surface area contributed by atoms with E-state index >= 15 is 0 Å². The number of halogens is 2. The van der Waals surface area contributed by atoms with Crippen molar-refractivity contribution in [2.75, 3.05) is 6.79 Å². The lowest BCUT2D eigenvalue weighted by molar-refractivity contribution is 0.111. The normalized spacial score (nSPS) is 13.1. The molecule has 0 spiro atoms. The van der Waals surface area contributed by atoms with E-state index in [4.69, 9.17) is 9.47 Å². The highest BCUT2D eigenvalue weighted by atomic mass is 79.9. The van der Waals surface area contributed by atoms with Crippen LogP contribution in [0.3, 0.4) is 0 Å². The monoisotopic (exact) mass is 246 g/mol. The predicted octanol–water partition coefficient (Wildman–Crippen LogP) is 2.13. The van der Waals surface area contributed by atoms with Gasteiger partial charge in [0.15, 0.2) is 17.8 Å². The molecule has 0 aromatic heterocycles. The van der Waals surface area contributed by atoms with Crippen LogP contribution >= 0.6 is 15.9 Å². The smallest absolute Gasteiger partial charge is 0.231 e. The van der Waals surface area contributed by atoms with Crippen LogP contribution < -0.4 is 9.47 Å². The van der Waals surface area contributed by atoms with Gasteiger partial charge in [-0.2, -0.15) is 0 Å². The van der Waals surface area contributed by atoms with Gasteiger partial charge < -0.3 is 9.47 Å². The minimum Gasteiger partial charge on any atom is -0.453 e. The fourth-order valence-electron chi connectivity index (χ4n) is 1.10. The average molecular weight is 247 g/mol. The van der Waals surface area contributed by atoms with Crippen LogP contribution in [0.5, 0.6) is 11.5 Å². The zero-order valence-electron chi connectivity index (χ0n) is 6.34. The topological polar surface area (TPSA) is 35.5 Å². The van der Waals surface area contributed by atoms with Crippen molar-refractivity contribution in [2.24, 2.45) is 0 Å². The van der Waals surface area contributed by atoms with Gasteiger partial charge in [-0.15, -0.1) is 0 Å². The summed E-state index contributed by atoms with van der Waals surface area (Å²) in [5, 5.41) is 0. The Morgan fingerprint density at radius 3 is 3.00 bits per heavy atom. The molecule has 1 aliphatic rings. The first-order chi connectivity index (χ1) is 6.24. The highest BCUT2D eigenvalue weighted by molar-refractivity contribution is 9.10. The van der Waals surface area contributed by atoms with Gasteiger partial charge in [-0.25, -0.2) is 4.39 Å². The summed E-state index contributed by atoms with van der Waals surface area (Å²) in [4.78, 5) is 10.5. The molecule has 1 heterocycles. The first kappa shape index (κ1) is 8.50. The van der Waals surface area contributed by atoms with Gasteiger partial charge in [0.1, 0.15) is 5.82 Å². The van der Waals surface area contributed by atoms with Gasteiger partial charge in [0.25, 0.3) is 0 Å². The van der Waals surface area contributed by atoms with Crippen molar-refractivity contribution in [3.63, 3.8) is 0 Å². The number of rotatable bonds is 1. The SMILES string of the molecule is O=Cc1c(F)cc2c(c1Br)OCO2. The van der Waals surface area contributed by atoms with Crippen LogP contribution in [-0.2, 0) is 0 Å². The third-order valence-corrected chi connectivity index (χ3v) is 2.50. The van der Waals surface area contributed by atoms with Crippen LogP contribution in [0.4, 0.5) is 4.39 Å². The second-order valence-electron chi connectivity index (χ2n) is 2.44. The summed E-state index contributed by atoms with van der Waals surface area (Å²) in [6.45, 7) is 0.0513. The Morgan fingerprint density at radius 1 is 1.54 bits per heavy atom. The van der Waals surface area contributed by atoms with E-state index in [9.17, 15) is 9.18 Å². The molecule has 0 saturated heterocycles. The molecule has 5 heteroatoms. The first-order valence-electron chi connectivity index (χ1n) is 3.47. The standard InChI is InChI=1S/C8H4BrFO3/c9-7-4(2-11)5(10)1-6-8(7)13-3-12-6/h1-2H,3H2. The van der Waals surface area contributed by atoms with Gasteiger partial charge >= 0.3 is 0 Å². The van der Waals surface area contributed by atoms with E-state index in [1.165, 1.54) is 0 Å². The molecular weight excluding hydrogens is 243 g/mol. The lowest BCUT2D eigenvalue weighted by atomic mass is 10.2. The third-order valence-electron chi connectivity index (χ3n) is 1.71. The highest BCUT2D eigenvalue weighted by Gasteiger charge is 2.22. The quantitative estimate of drug-likeness (QED) is 0.713. The van der Waals surface area contributed by atoms with E-state index in [0.717, 1.165) is 6.07 Å². The maximum absolute atomic E-state index is 13.1. The molecule has 0 saturated carbocycles. The van der Waals surface area contributed by atoms with Crippen molar-refractivity contribution in [3.05, 3.63) is 21.9 Å². The van der Waals surface area contributed by atoms with Crippen molar-refractivity contribution in [3.8, 4) is 11.5 Å². The molecule has 0 aliphatic carbocycles. The van der Waals surface area contributed by atoms with Crippen molar-refractivity contribution >= 4 is 22.2 Å². The van der Waals surface area contributed by atoms with Crippen LogP contribution in [0.1, 0.15) is 10.4 Å². The molecule has 68 valence electrons. The van der Waals surface area contributed by atoms with E-state index in [1.54, 1.807) is 0 Å². The summed E-state index contributed by atoms with van der Waals surface area (Å²) < 4.78 is 23.4. The van der Waals surface area contributed by atoms with E-state index < -0.39 is 5.82 Å². The molecule has 0 bridgehead atoms. The lowest BCUT2D eigenvalue weighted by Gasteiger charge is -2.02. The number of hydrogen-bond acceptors (Lipinski definition) is 3. The van der Waals surface area contributed by atoms with Gasteiger partial charge in [-0.05, 0) is 15.9 Å². The Morgan fingerprint density at radius 2 is 2.31 bits per heavy atom. The number of carbonyl (C=O) groups is 1. The van der Waals surface area contributed by atoms with Gasteiger partial charge in [-0.3, -0.25) is 4.79 Å². The van der Waals surface area contributed by atoms with Crippen molar-refractivity contribution < 1.29 is 18.7 Å². The number of hydrogen-bond donors (Lipinski definition) is 0. The van der Waals surface area contributed by atoms with Crippen LogP contribution in [0, 0.1) is 5.82 Å². The van der Waals surface area contributed by atoms with E-state index in [-0.39, 0.29) is 12.4 Å². The Kier molecular flexibility index (Phi) is 1.95. The third kappa shape index (κ3) is 1.19. The molecular formula is C8H4BrFO3. The van der Waals surface area contributed by atoms with E-state index in [1.807, 2.05) is 0 Å². The summed E-state index contributed by atoms with van der Waals surface area (Å²) in [6.07, 6.45) is 0.432. The van der Waals surface area contributed by atoms with Gasteiger partial charge in [-0.1, -0.05) is 0 Å². The molecule has 0 fully saturated rings. The average Bonchev–Trinajstić information content (AvgIpc) is 2.53. The maximum atomic E-state index is 13.1. The first-order valence-corrected chi connectivity index (χ1v) is 4.26. The summed E-state index contributed by atoms with van der Waals surface area (Å²) >= 11 is 3.07. The molecule has 0 radical (unpaired) electrons. The summed E-state index contributed by atoms with van der Waals surface area (Å²) in [6, 6.07) is 1.14. The molecule has 1 aliphatic heterocycles. The van der Waals surface area contributed by atoms with E-state index in [0.29, 0.717) is 22.3 Å². The molecule has 0 N–H and O–H groups in total. The Labute approximate surface area is 81.6 Å². The molecule has 13 heavy (non-hydrogen) atoms. The molecule has 1 aromatic carbocycles. The second kappa shape index (κ2) is 2.99. The molecule has 0 amide bonds. The number of fused-ring (bicyclic) bond motifs is 1. The highest BCUT2D eigenvalue weighted by Crippen LogP contribution is 2.41.